The molecule has 6 nitrogen and oxygen atoms in total. The molecule has 3 aliphatic rings. The summed E-state index contributed by atoms with van der Waals surface area (Å²) in [5.74, 6) is 1.77. The van der Waals surface area contributed by atoms with Gasteiger partial charge < -0.3 is 19.6 Å². The molecule has 3 aliphatic heterocycles. The molecule has 0 bridgehead atoms. The van der Waals surface area contributed by atoms with Gasteiger partial charge in [0, 0.05) is 26.2 Å². The Balaban J connectivity index is 1.49. The van der Waals surface area contributed by atoms with Crippen molar-refractivity contribution in [2.24, 2.45) is 5.92 Å². The van der Waals surface area contributed by atoms with Crippen LogP contribution in [0, 0.1) is 23.8 Å². The van der Waals surface area contributed by atoms with Gasteiger partial charge in [0.2, 0.25) is 0 Å². The molecule has 3 heterocycles. The van der Waals surface area contributed by atoms with Crippen molar-refractivity contribution >= 4 is 0 Å². The van der Waals surface area contributed by atoms with E-state index in [0.717, 1.165) is 63.8 Å². The summed E-state index contributed by atoms with van der Waals surface area (Å²) in [4.78, 5) is 13.3. The SMILES string of the molecule is [C-]#[N+]/C(C#N)=C1\N(CCCN2CCCCC2)CCN1CCCN1CCC(C)CC1. The lowest BCUT2D eigenvalue weighted by atomic mass is 9.99. The highest BCUT2D eigenvalue weighted by molar-refractivity contribution is 5.33. The first-order chi connectivity index (χ1) is 14.2. The zero-order valence-corrected chi connectivity index (χ0v) is 18.3. The van der Waals surface area contributed by atoms with Gasteiger partial charge in [-0.05, 0) is 83.7 Å². The molecule has 29 heavy (non-hydrogen) atoms. The lowest BCUT2D eigenvalue weighted by Gasteiger charge is -2.31. The zero-order chi connectivity index (χ0) is 20.5. The molecule has 3 saturated heterocycles. The van der Waals surface area contributed by atoms with Gasteiger partial charge in [-0.2, -0.15) is 0 Å². The summed E-state index contributed by atoms with van der Waals surface area (Å²) in [5.41, 5.74) is 0.271. The molecular formula is C23H38N6. The van der Waals surface area contributed by atoms with Gasteiger partial charge in [0.15, 0.2) is 0 Å². The van der Waals surface area contributed by atoms with Gasteiger partial charge in [-0.1, -0.05) is 13.3 Å². The summed E-state index contributed by atoms with van der Waals surface area (Å²) in [5, 5.41) is 9.51. The molecule has 6 heteroatoms. The first-order valence-electron chi connectivity index (χ1n) is 11.7. The van der Waals surface area contributed by atoms with Crippen LogP contribution in [0.3, 0.4) is 0 Å². The molecule has 0 aromatic carbocycles. The fraction of sp³-hybridized carbons (Fsp3) is 0.826. The van der Waals surface area contributed by atoms with Crippen LogP contribution < -0.4 is 0 Å². The third-order valence-electron chi connectivity index (χ3n) is 6.80. The zero-order valence-electron chi connectivity index (χ0n) is 18.3. The summed E-state index contributed by atoms with van der Waals surface area (Å²) < 4.78 is 0. The maximum absolute atomic E-state index is 9.51. The van der Waals surface area contributed by atoms with Crippen LogP contribution in [0.15, 0.2) is 11.5 Å². The van der Waals surface area contributed by atoms with Gasteiger partial charge >= 0.3 is 5.70 Å². The van der Waals surface area contributed by atoms with Gasteiger partial charge in [-0.3, -0.25) is 0 Å². The summed E-state index contributed by atoms with van der Waals surface area (Å²) in [6, 6.07) is 2.16. The highest BCUT2D eigenvalue weighted by atomic mass is 15.4. The average molecular weight is 399 g/mol. The molecule has 0 aromatic heterocycles. The van der Waals surface area contributed by atoms with Crippen LogP contribution >= 0.6 is 0 Å². The predicted molar refractivity (Wildman–Crippen MR) is 117 cm³/mol. The van der Waals surface area contributed by atoms with Crippen molar-refractivity contribution in [2.45, 2.75) is 51.9 Å². The van der Waals surface area contributed by atoms with Gasteiger partial charge in [-0.15, -0.1) is 0 Å². The fourth-order valence-corrected chi connectivity index (χ4v) is 4.95. The molecule has 0 N–H and O–H groups in total. The van der Waals surface area contributed by atoms with E-state index in [-0.39, 0.29) is 5.70 Å². The van der Waals surface area contributed by atoms with Crippen LogP contribution in [0.25, 0.3) is 4.85 Å². The maximum Gasteiger partial charge on any atom is 0.300 e. The Hall–Kier alpha value is -1.76. The average Bonchev–Trinajstić information content (AvgIpc) is 3.14. The minimum absolute atomic E-state index is 0.271. The quantitative estimate of drug-likeness (QED) is 0.464. The smallest absolute Gasteiger partial charge is 0.300 e. The van der Waals surface area contributed by atoms with Gasteiger partial charge in [0.05, 0.1) is 12.6 Å². The van der Waals surface area contributed by atoms with Gasteiger partial charge in [0.1, 0.15) is 5.82 Å². The maximum atomic E-state index is 9.51. The van der Waals surface area contributed by atoms with Crippen molar-refractivity contribution in [1.29, 1.82) is 5.26 Å². The fourth-order valence-electron chi connectivity index (χ4n) is 4.95. The lowest BCUT2D eigenvalue weighted by Crippen LogP contribution is -2.35. The largest absolute Gasteiger partial charge is 0.365 e. The summed E-state index contributed by atoms with van der Waals surface area (Å²) >= 11 is 0. The number of allylic oxidation sites excluding steroid dienone is 1. The topological polar surface area (TPSA) is 41.1 Å². The second-order valence-corrected chi connectivity index (χ2v) is 9.00. The first-order valence-corrected chi connectivity index (χ1v) is 11.7. The number of nitriles is 1. The number of likely N-dealkylation sites (tertiary alicyclic amines) is 2. The van der Waals surface area contributed by atoms with E-state index in [1.165, 1.54) is 58.3 Å². The minimum atomic E-state index is 0.271. The second kappa shape index (κ2) is 11.4. The molecule has 0 spiro atoms. The van der Waals surface area contributed by atoms with Crippen molar-refractivity contribution in [3.63, 3.8) is 0 Å². The second-order valence-electron chi connectivity index (χ2n) is 9.00. The van der Waals surface area contributed by atoms with Gasteiger partial charge in [0.25, 0.3) is 0 Å². The van der Waals surface area contributed by atoms with E-state index >= 15 is 0 Å². The number of hydrogen-bond acceptors (Lipinski definition) is 5. The van der Waals surface area contributed by atoms with Crippen molar-refractivity contribution in [3.05, 3.63) is 22.9 Å². The molecule has 160 valence electrons. The van der Waals surface area contributed by atoms with E-state index in [9.17, 15) is 5.26 Å². The molecule has 0 amide bonds. The molecule has 3 fully saturated rings. The van der Waals surface area contributed by atoms with Crippen LogP contribution in [0.1, 0.15) is 51.9 Å². The van der Waals surface area contributed by atoms with Crippen LogP contribution in [-0.2, 0) is 0 Å². The van der Waals surface area contributed by atoms with E-state index in [0.29, 0.717) is 0 Å². The molecule has 3 rings (SSSR count). The van der Waals surface area contributed by atoms with Crippen molar-refractivity contribution < 1.29 is 0 Å². The third kappa shape index (κ3) is 6.36. The standard InChI is InChI=1S/C23H38N6/c1-21-8-16-27(17-9-21)13-7-15-29-19-18-28(23(29)22(20-24)25-2)14-6-12-26-10-4-3-5-11-26/h21H,3-19H2,1H3/b23-22+. The Morgan fingerprint density at radius 3 is 1.97 bits per heavy atom. The van der Waals surface area contributed by atoms with Gasteiger partial charge in [-0.25, -0.2) is 10.1 Å². The minimum Gasteiger partial charge on any atom is -0.365 e. The highest BCUT2D eigenvalue weighted by Gasteiger charge is 2.28. The first kappa shape index (κ1) is 21.9. The highest BCUT2D eigenvalue weighted by Crippen LogP contribution is 2.24. The number of nitrogens with zero attached hydrogens (tertiary/aromatic N) is 6. The van der Waals surface area contributed by atoms with E-state index < -0.39 is 0 Å². The molecule has 0 aliphatic carbocycles. The number of piperidine rings is 2. The Bertz CT molecular complexity index is 600. The van der Waals surface area contributed by atoms with Crippen molar-refractivity contribution in [1.82, 2.24) is 19.6 Å². The van der Waals surface area contributed by atoms with E-state index in [1.807, 2.05) is 0 Å². The molecule has 0 atom stereocenters. The molecule has 0 radical (unpaired) electrons. The van der Waals surface area contributed by atoms with Crippen LogP contribution in [-0.4, -0.2) is 85.0 Å². The third-order valence-corrected chi connectivity index (χ3v) is 6.80. The summed E-state index contributed by atoms with van der Waals surface area (Å²) in [6.45, 7) is 20.8. The van der Waals surface area contributed by atoms with Crippen molar-refractivity contribution in [2.75, 3.05) is 65.4 Å². The van der Waals surface area contributed by atoms with E-state index in [1.54, 1.807) is 0 Å². The number of hydrogen-bond donors (Lipinski definition) is 0. The van der Waals surface area contributed by atoms with E-state index in [2.05, 4.69) is 37.4 Å². The van der Waals surface area contributed by atoms with Crippen LogP contribution in [0.2, 0.25) is 0 Å². The Kier molecular flexibility index (Phi) is 8.65. The predicted octanol–water partition coefficient (Wildman–Crippen LogP) is 3.21. The normalized spacial score (nSPS) is 23.8. The molecule has 0 aromatic rings. The molecule has 0 unspecified atom stereocenters. The lowest BCUT2D eigenvalue weighted by molar-refractivity contribution is 0.183. The molecular weight excluding hydrogens is 360 g/mol. The van der Waals surface area contributed by atoms with Crippen LogP contribution in [0.5, 0.6) is 0 Å². The summed E-state index contributed by atoms with van der Waals surface area (Å²) in [7, 11) is 0. The Morgan fingerprint density at radius 2 is 1.45 bits per heavy atom. The van der Waals surface area contributed by atoms with E-state index in [4.69, 9.17) is 6.57 Å². The molecule has 0 saturated carbocycles. The number of rotatable bonds is 8. The monoisotopic (exact) mass is 398 g/mol. The summed E-state index contributed by atoms with van der Waals surface area (Å²) in [6.07, 6.45) is 8.88. The Morgan fingerprint density at radius 1 is 0.897 bits per heavy atom. The van der Waals surface area contributed by atoms with Crippen LogP contribution in [0.4, 0.5) is 0 Å². The Labute approximate surface area is 177 Å². The van der Waals surface area contributed by atoms with Crippen molar-refractivity contribution in [3.8, 4) is 6.07 Å².